The number of hydrogen-bond donors (Lipinski definition) is 1. The molecular weight excluding hydrogens is 474 g/mol. The van der Waals surface area contributed by atoms with Gasteiger partial charge in [0.1, 0.15) is 0 Å². The summed E-state index contributed by atoms with van der Waals surface area (Å²) in [7, 11) is -2.27. The van der Waals surface area contributed by atoms with Gasteiger partial charge in [0.25, 0.3) is 5.91 Å². The first-order valence-electron chi connectivity index (χ1n) is 11.0. The summed E-state index contributed by atoms with van der Waals surface area (Å²) in [5.74, 6) is -1.38. The van der Waals surface area contributed by atoms with Gasteiger partial charge in [-0.2, -0.15) is 4.31 Å². The Bertz CT molecular complexity index is 1410. The van der Waals surface area contributed by atoms with Gasteiger partial charge < -0.3 is 19.4 Å². The molecule has 1 fully saturated rings. The maximum absolute atomic E-state index is 13.1. The number of carbonyl (C=O) groups is 2. The summed E-state index contributed by atoms with van der Waals surface area (Å²) in [5.41, 5.74) is 0.198. The van der Waals surface area contributed by atoms with Crippen LogP contribution in [0.1, 0.15) is 17.3 Å². The molecule has 0 aliphatic carbocycles. The van der Waals surface area contributed by atoms with Crippen molar-refractivity contribution >= 4 is 38.5 Å². The Labute approximate surface area is 202 Å². The topological polar surface area (TPSA) is 126 Å². The first-order chi connectivity index (χ1) is 16.7. The van der Waals surface area contributed by atoms with E-state index in [1.165, 1.54) is 34.3 Å². The predicted molar refractivity (Wildman–Crippen MR) is 129 cm³/mol. The number of para-hydroxylation sites is 1. The van der Waals surface area contributed by atoms with Crippen molar-refractivity contribution in [2.24, 2.45) is 0 Å². The molecule has 10 nitrogen and oxygen atoms in total. The second-order valence-corrected chi connectivity index (χ2v) is 9.99. The van der Waals surface area contributed by atoms with Crippen LogP contribution in [0.15, 0.2) is 64.3 Å². The third-order valence-electron chi connectivity index (χ3n) is 5.75. The Morgan fingerprint density at radius 3 is 2.46 bits per heavy atom. The molecule has 184 valence electrons. The zero-order chi connectivity index (χ0) is 25.2. The van der Waals surface area contributed by atoms with Crippen LogP contribution in [0.4, 0.5) is 5.69 Å². The molecular formula is C24H25N3O7S. The first-order valence-corrected chi connectivity index (χ1v) is 12.4. The molecule has 1 saturated heterocycles. The van der Waals surface area contributed by atoms with Crippen molar-refractivity contribution in [2.45, 2.75) is 17.9 Å². The Kier molecular flexibility index (Phi) is 7.01. The summed E-state index contributed by atoms with van der Waals surface area (Å²) in [6.07, 6.45) is -1.15. The van der Waals surface area contributed by atoms with Gasteiger partial charge in [0, 0.05) is 42.8 Å². The van der Waals surface area contributed by atoms with E-state index in [0.29, 0.717) is 18.9 Å². The first kappa shape index (κ1) is 24.6. The van der Waals surface area contributed by atoms with Crippen molar-refractivity contribution in [3.05, 3.63) is 70.5 Å². The molecule has 1 aromatic heterocycles. The minimum absolute atomic E-state index is 0.0269. The summed E-state index contributed by atoms with van der Waals surface area (Å²) < 4.78 is 38.1. The summed E-state index contributed by atoms with van der Waals surface area (Å²) in [4.78, 5) is 41.9. The standard InChI is InChI=1S/C24H25N3O7S/c1-16(23(29)26(2)17-6-4-3-5-7-17)34-24(30)20-15-22(28)25-21-9-8-18(14-19(20)21)35(31,32)27-10-12-33-13-11-27/h3-9,14-16H,10-13H2,1-2H3,(H,25,28)/t16-/m0/s1. The lowest BCUT2D eigenvalue weighted by molar-refractivity contribution is -0.126. The number of amides is 1. The normalized spacial score (nSPS) is 15.5. The van der Waals surface area contributed by atoms with Crippen molar-refractivity contribution in [1.82, 2.24) is 9.29 Å². The predicted octanol–water partition coefficient (Wildman–Crippen LogP) is 1.76. The Balaban J connectivity index is 1.63. The molecule has 0 unspecified atom stereocenters. The van der Waals surface area contributed by atoms with E-state index in [1.54, 1.807) is 31.3 Å². The molecule has 1 N–H and O–H groups in total. The number of morpholine rings is 1. The summed E-state index contributed by atoms with van der Waals surface area (Å²) in [5, 5.41) is 0.194. The number of rotatable bonds is 6. The summed E-state index contributed by atoms with van der Waals surface area (Å²) in [6.45, 7) is 2.45. The van der Waals surface area contributed by atoms with Crippen LogP contribution >= 0.6 is 0 Å². The fraction of sp³-hybridized carbons (Fsp3) is 0.292. The molecule has 1 amide bonds. The number of pyridine rings is 1. The zero-order valence-corrected chi connectivity index (χ0v) is 20.1. The number of ether oxygens (including phenoxy) is 2. The van der Waals surface area contributed by atoms with Gasteiger partial charge >= 0.3 is 5.97 Å². The van der Waals surface area contributed by atoms with Crippen molar-refractivity contribution in [1.29, 1.82) is 0 Å². The van der Waals surface area contributed by atoms with Gasteiger partial charge in [-0.1, -0.05) is 18.2 Å². The number of sulfonamides is 1. The molecule has 1 atom stereocenters. The molecule has 0 saturated carbocycles. The lowest BCUT2D eigenvalue weighted by Gasteiger charge is -2.26. The summed E-state index contributed by atoms with van der Waals surface area (Å²) >= 11 is 0. The second kappa shape index (κ2) is 9.98. The number of nitrogens with one attached hydrogen (secondary N) is 1. The number of likely N-dealkylation sites (N-methyl/N-ethyl adjacent to an activating group) is 1. The minimum Gasteiger partial charge on any atom is -0.449 e. The van der Waals surface area contributed by atoms with Crippen LogP contribution in [0.3, 0.4) is 0 Å². The minimum atomic E-state index is -3.84. The van der Waals surface area contributed by atoms with E-state index in [4.69, 9.17) is 9.47 Å². The van der Waals surface area contributed by atoms with E-state index in [2.05, 4.69) is 4.98 Å². The number of benzene rings is 2. The molecule has 4 rings (SSSR count). The lowest BCUT2D eigenvalue weighted by Crippen LogP contribution is -2.40. The number of aromatic amines is 1. The Morgan fingerprint density at radius 1 is 1.09 bits per heavy atom. The third kappa shape index (κ3) is 5.11. The lowest BCUT2D eigenvalue weighted by atomic mass is 10.1. The average Bonchev–Trinajstić information content (AvgIpc) is 2.87. The van der Waals surface area contributed by atoms with Crippen LogP contribution in [-0.2, 0) is 24.3 Å². The fourth-order valence-electron chi connectivity index (χ4n) is 3.82. The van der Waals surface area contributed by atoms with Crippen molar-refractivity contribution < 1.29 is 27.5 Å². The van der Waals surface area contributed by atoms with Gasteiger partial charge in [0.2, 0.25) is 15.6 Å². The molecule has 2 aromatic carbocycles. The number of esters is 1. The molecule has 35 heavy (non-hydrogen) atoms. The Morgan fingerprint density at radius 2 is 1.77 bits per heavy atom. The van der Waals surface area contributed by atoms with Gasteiger partial charge in [-0.25, -0.2) is 13.2 Å². The number of H-pyrrole nitrogens is 1. The number of anilines is 1. The highest BCUT2D eigenvalue weighted by Gasteiger charge is 2.28. The maximum atomic E-state index is 13.1. The molecule has 2 heterocycles. The van der Waals surface area contributed by atoms with E-state index in [0.717, 1.165) is 6.07 Å². The van der Waals surface area contributed by atoms with E-state index < -0.39 is 33.6 Å². The molecule has 1 aliphatic heterocycles. The van der Waals surface area contributed by atoms with Crippen molar-refractivity contribution in [3.63, 3.8) is 0 Å². The number of fused-ring (bicyclic) bond motifs is 1. The van der Waals surface area contributed by atoms with Crippen LogP contribution in [0, 0.1) is 0 Å². The van der Waals surface area contributed by atoms with Crippen molar-refractivity contribution in [2.75, 3.05) is 38.3 Å². The van der Waals surface area contributed by atoms with Crippen LogP contribution in [0.2, 0.25) is 0 Å². The van der Waals surface area contributed by atoms with E-state index in [9.17, 15) is 22.8 Å². The molecule has 3 aromatic rings. The van der Waals surface area contributed by atoms with E-state index in [-0.39, 0.29) is 34.5 Å². The number of carbonyl (C=O) groups excluding carboxylic acids is 2. The molecule has 1 aliphatic rings. The molecule has 0 radical (unpaired) electrons. The van der Waals surface area contributed by atoms with Crippen LogP contribution in [0.5, 0.6) is 0 Å². The maximum Gasteiger partial charge on any atom is 0.339 e. The highest BCUT2D eigenvalue weighted by molar-refractivity contribution is 7.89. The van der Waals surface area contributed by atoms with Crippen LogP contribution in [0.25, 0.3) is 10.9 Å². The van der Waals surface area contributed by atoms with Crippen LogP contribution in [-0.4, -0.2) is 69.0 Å². The largest absolute Gasteiger partial charge is 0.449 e. The number of nitrogens with zero attached hydrogens (tertiary/aromatic N) is 2. The van der Waals surface area contributed by atoms with E-state index >= 15 is 0 Å². The fourth-order valence-corrected chi connectivity index (χ4v) is 5.26. The van der Waals surface area contributed by atoms with Gasteiger partial charge in [0.15, 0.2) is 6.10 Å². The van der Waals surface area contributed by atoms with Gasteiger partial charge in [-0.15, -0.1) is 0 Å². The highest BCUT2D eigenvalue weighted by atomic mass is 32.2. The van der Waals surface area contributed by atoms with Gasteiger partial charge in [-0.05, 0) is 37.3 Å². The third-order valence-corrected chi connectivity index (χ3v) is 7.64. The quantitative estimate of drug-likeness (QED) is 0.512. The number of aromatic nitrogens is 1. The van der Waals surface area contributed by atoms with Gasteiger partial charge in [-0.3, -0.25) is 9.59 Å². The summed E-state index contributed by atoms with van der Waals surface area (Å²) in [6, 6.07) is 14.0. The second-order valence-electron chi connectivity index (χ2n) is 8.05. The highest BCUT2D eigenvalue weighted by Crippen LogP contribution is 2.24. The smallest absolute Gasteiger partial charge is 0.339 e. The average molecular weight is 500 g/mol. The van der Waals surface area contributed by atoms with Crippen molar-refractivity contribution in [3.8, 4) is 0 Å². The molecule has 11 heteroatoms. The number of hydrogen-bond acceptors (Lipinski definition) is 7. The SMILES string of the molecule is C[C@H](OC(=O)c1cc(=O)[nH]c2ccc(S(=O)(=O)N3CCOCC3)cc12)C(=O)N(C)c1ccccc1. The zero-order valence-electron chi connectivity index (χ0n) is 19.3. The molecule has 0 spiro atoms. The van der Waals surface area contributed by atoms with E-state index in [1.807, 2.05) is 6.07 Å². The molecule has 0 bridgehead atoms. The van der Waals surface area contributed by atoms with Gasteiger partial charge in [0.05, 0.1) is 23.7 Å². The monoisotopic (exact) mass is 499 g/mol. The Hall–Kier alpha value is -3.54. The van der Waals surface area contributed by atoms with Crippen LogP contribution < -0.4 is 10.5 Å².